The number of hydrogen-bond acceptors (Lipinski definition) is 4. The Morgan fingerprint density at radius 3 is 2.38 bits per heavy atom. The van der Waals surface area contributed by atoms with Crippen molar-refractivity contribution >= 4 is 17.7 Å². The van der Waals surface area contributed by atoms with E-state index in [1.54, 1.807) is 24.3 Å². The van der Waals surface area contributed by atoms with Crippen molar-refractivity contribution in [2.75, 3.05) is 17.2 Å². The molecule has 2 amide bonds. The number of carbonyl (C=O) groups is 1. The standard InChI is InChI=1S/C19H24FN5O/c20-15-8-6-14(7-9-15)12-13-21-17-10-11-18(25-24-17)23-19(26)22-16-4-2-1-3-5-16/h6-11,16H,1-5,12-13H2,(H,21,24)(H2,22,23,25,26). The first kappa shape index (κ1) is 18.1. The van der Waals surface area contributed by atoms with E-state index in [0.29, 0.717) is 18.2 Å². The minimum absolute atomic E-state index is 0.233. The Morgan fingerprint density at radius 1 is 1.00 bits per heavy atom. The molecule has 1 aromatic heterocycles. The van der Waals surface area contributed by atoms with Crippen molar-refractivity contribution < 1.29 is 9.18 Å². The molecular weight excluding hydrogens is 333 g/mol. The molecule has 0 bridgehead atoms. The van der Waals surface area contributed by atoms with Crippen LogP contribution in [0.25, 0.3) is 0 Å². The van der Waals surface area contributed by atoms with Crippen molar-refractivity contribution in [3.63, 3.8) is 0 Å². The van der Waals surface area contributed by atoms with Gasteiger partial charge in [-0.05, 0) is 49.1 Å². The summed E-state index contributed by atoms with van der Waals surface area (Å²) in [6.07, 6.45) is 6.42. The zero-order valence-electron chi connectivity index (χ0n) is 14.7. The summed E-state index contributed by atoms with van der Waals surface area (Å²) in [6, 6.07) is 9.94. The number of nitrogens with zero attached hydrogens (tertiary/aromatic N) is 2. The summed E-state index contributed by atoms with van der Waals surface area (Å²) in [4.78, 5) is 12.0. The fraction of sp³-hybridized carbons (Fsp3) is 0.421. The summed E-state index contributed by atoms with van der Waals surface area (Å²) in [5, 5.41) is 16.9. The van der Waals surface area contributed by atoms with E-state index in [1.165, 1.54) is 31.4 Å². The highest BCUT2D eigenvalue weighted by molar-refractivity contribution is 5.88. The third-order valence-corrected chi connectivity index (χ3v) is 4.48. The third kappa shape index (κ3) is 5.68. The Hall–Kier alpha value is -2.70. The molecule has 3 N–H and O–H groups in total. The second kappa shape index (κ2) is 9.12. The smallest absolute Gasteiger partial charge is 0.320 e. The van der Waals surface area contributed by atoms with Gasteiger partial charge in [-0.3, -0.25) is 5.32 Å². The van der Waals surface area contributed by atoms with Crippen molar-refractivity contribution in [3.05, 3.63) is 47.8 Å². The number of aromatic nitrogens is 2. The van der Waals surface area contributed by atoms with Gasteiger partial charge in [0, 0.05) is 12.6 Å². The molecule has 138 valence electrons. The van der Waals surface area contributed by atoms with Gasteiger partial charge >= 0.3 is 6.03 Å². The SMILES string of the molecule is O=C(Nc1ccc(NCCc2ccc(F)cc2)nn1)NC1CCCCC1. The number of halogens is 1. The highest BCUT2D eigenvalue weighted by Gasteiger charge is 2.15. The van der Waals surface area contributed by atoms with E-state index in [4.69, 9.17) is 0 Å². The molecule has 1 aliphatic rings. The normalized spacial score (nSPS) is 14.7. The van der Waals surface area contributed by atoms with Gasteiger partial charge in [0.05, 0.1) is 0 Å². The van der Waals surface area contributed by atoms with Crippen molar-refractivity contribution in [2.24, 2.45) is 0 Å². The Bertz CT molecular complexity index is 699. The van der Waals surface area contributed by atoms with Crippen LogP contribution in [-0.2, 0) is 6.42 Å². The van der Waals surface area contributed by atoms with Gasteiger partial charge in [-0.25, -0.2) is 9.18 Å². The van der Waals surface area contributed by atoms with Crippen molar-refractivity contribution in [2.45, 2.75) is 44.6 Å². The lowest BCUT2D eigenvalue weighted by molar-refractivity contribution is 0.244. The summed E-state index contributed by atoms with van der Waals surface area (Å²) in [7, 11) is 0. The Morgan fingerprint density at radius 2 is 1.69 bits per heavy atom. The van der Waals surface area contributed by atoms with Gasteiger partial charge in [-0.15, -0.1) is 10.2 Å². The van der Waals surface area contributed by atoms with Crippen LogP contribution in [0.3, 0.4) is 0 Å². The van der Waals surface area contributed by atoms with Crippen LogP contribution < -0.4 is 16.0 Å². The maximum absolute atomic E-state index is 12.9. The van der Waals surface area contributed by atoms with Crippen LogP contribution in [0.15, 0.2) is 36.4 Å². The molecule has 1 aliphatic carbocycles. The number of nitrogens with one attached hydrogen (secondary N) is 3. The van der Waals surface area contributed by atoms with E-state index >= 15 is 0 Å². The van der Waals surface area contributed by atoms with Crippen LogP contribution in [0.5, 0.6) is 0 Å². The summed E-state index contributed by atoms with van der Waals surface area (Å²) in [6.45, 7) is 0.662. The molecular formula is C19H24FN5O. The molecule has 0 radical (unpaired) electrons. The Labute approximate surface area is 152 Å². The van der Waals surface area contributed by atoms with E-state index in [2.05, 4.69) is 26.1 Å². The Kier molecular flexibility index (Phi) is 6.35. The Balaban J connectivity index is 1.41. The summed E-state index contributed by atoms with van der Waals surface area (Å²) in [5.74, 6) is 0.816. The van der Waals surface area contributed by atoms with Crippen LogP contribution in [-0.4, -0.2) is 28.8 Å². The molecule has 0 saturated heterocycles. The van der Waals surface area contributed by atoms with Gasteiger partial charge in [0.1, 0.15) is 11.6 Å². The van der Waals surface area contributed by atoms with Crippen LogP contribution in [0.2, 0.25) is 0 Å². The fourth-order valence-corrected chi connectivity index (χ4v) is 3.06. The molecule has 3 rings (SSSR count). The van der Waals surface area contributed by atoms with Gasteiger partial charge in [0.25, 0.3) is 0 Å². The average molecular weight is 357 g/mol. The minimum Gasteiger partial charge on any atom is -0.368 e. The summed E-state index contributed by atoms with van der Waals surface area (Å²) < 4.78 is 12.9. The third-order valence-electron chi connectivity index (χ3n) is 4.48. The number of benzene rings is 1. The van der Waals surface area contributed by atoms with Crippen LogP contribution in [0, 0.1) is 5.82 Å². The lowest BCUT2D eigenvalue weighted by atomic mass is 9.96. The number of carbonyl (C=O) groups excluding carboxylic acids is 1. The minimum atomic E-state index is -0.233. The van der Waals surface area contributed by atoms with Gasteiger partial charge in [-0.2, -0.15) is 0 Å². The molecule has 1 heterocycles. The molecule has 1 aromatic carbocycles. The highest BCUT2D eigenvalue weighted by atomic mass is 19.1. The summed E-state index contributed by atoms with van der Waals surface area (Å²) in [5.41, 5.74) is 1.05. The van der Waals surface area contributed by atoms with Crippen molar-refractivity contribution in [3.8, 4) is 0 Å². The average Bonchev–Trinajstić information content (AvgIpc) is 2.65. The van der Waals surface area contributed by atoms with Crippen molar-refractivity contribution in [1.29, 1.82) is 0 Å². The largest absolute Gasteiger partial charge is 0.368 e. The molecule has 26 heavy (non-hydrogen) atoms. The monoisotopic (exact) mass is 357 g/mol. The second-order valence-electron chi connectivity index (χ2n) is 6.54. The molecule has 0 aliphatic heterocycles. The van der Waals surface area contributed by atoms with Gasteiger partial charge in [0.2, 0.25) is 0 Å². The predicted octanol–water partition coefficient (Wildman–Crippen LogP) is 3.72. The highest BCUT2D eigenvalue weighted by Crippen LogP contribution is 2.17. The number of hydrogen-bond donors (Lipinski definition) is 3. The second-order valence-corrected chi connectivity index (χ2v) is 6.54. The maximum Gasteiger partial charge on any atom is 0.320 e. The maximum atomic E-state index is 12.9. The van der Waals surface area contributed by atoms with Gasteiger partial charge in [-0.1, -0.05) is 31.4 Å². The lowest BCUT2D eigenvalue weighted by Crippen LogP contribution is -2.39. The first-order chi connectivity index (χ1) is 12.7. The van der Waals surface area contributed by atoms with Crippen LogP contribution in [0.4, 0.5) is 20.8 Å². The fourth-order valence-electron chi connectivity index (χ4n) is 3.06. The van der Waals surface area contributed by atoms with Crippen LogP contribution >= 0.6 is 0 Å². The number of urea groups is 1. The van der Waals surface area contributed by atoms with E-state index in [0.717, 1.165) is 24.8 Å². The molecule has 0 spiro atoms. The first-order valence-electron chi connectivity index (χ1n) is 9.08. The van der Waals surface area contributed by atoms with E-state index in [-0.39, 0.29) is 17.9 Å². The van der Waals surface area contributed by atoms with Gasteiger partial charge < -0.3 is 10.6 Å². The van der Waals surface area contributed by atoms with Gasteiger partial charge in [0.15, 0.2) is 5.82 Å². The molecule has 0 unspecified atom stereocenters. The zero-order valence-corrected chi connectivity index (χ0v) is 14.7. The predicted molar refractivity (Wildman–Crippen MR) is 99.7 cm³/mol. The zero-order chi connectivity index (χ0) is 18.2. The molecule has 7 heteroatoms. The molecule has 6 nitrogen and oxygen atoms in total. The van der Waals surface area contributed by atoms with Crippen LogP contribution in [0.1, 0.15) is 37.7 Å². The summed E-state index contributed by atoms with van der Waals surface area (Å²) >= 11 is 0. The first-order valence-corrected chi connectivity index (χ1v) is 9.08. The van der Waals surface area contributed by atoms with Crippen molar-refractivity contribution in [1.82, 2.24) is 15.5 Å². The quantitative estimate of drug-likeness (QED) is 0.736. The van der Waals surface area contributed by atoms with E-state index in [9.17, 15) is 9.18 Å². The molecule has 1 saturated carbocycles. The molecule has 0 atom stereocenters. The molecule has 1 fully saturated rings. The van der Waals surface area contributed by atoms with E-state index in [1.807, 2.05) is 0 Å². The topological polar surface area (TPSA) is 78.9 Å². The number of amides is 2. The van der Waals surface area contributed by atoms with E-state index < -0.39 is 0 Å². The number of anilines is 2. The lowest BCUT2D eigenvalue weighted by Gasteiger charge is -2.22. The molecule has 2 aromatic rings. The number of rotatable bonds is 6.